The molecule has 3 atom stereocenters. The second-order valence-corrected chi connectivity index (χ2v) is 9.26. The van der Waals surface area contributed by atoms with Crippen molar-refractivity contribution in [3.63, 3.8) is 0 Å². The SMILES string of the molecule is CC1(C)OB(O)c2cc(CNC(=O)C(N)CCC(=O)NC3CC(N)CC(N)C3)ccc21. The third kappa shape index (κ3) is 6.05. The van der Waals surface area contributed by atoms with Crippen LogP contribution in [0.1, 0.15) is 57.1 Å². The van der Waals surface area contributed by atoms with Crippen LogP contribution in [0.5, 0.6) is 0 Å². The van der Waals surface area contributed by atoms with Crippen LogP contribution in [0.4, 0.5) is 0 Å². The quantitative estimate of drug-likeness (QED) is 0.292. The van der Waals surface area contributed by atoms with Crippen LogP contribution in [0.15, 0.2) is 18.2 Å². The van der Waals surface area contributed by atoms with Crippen molar-refractivity contribution >= 4 is 24.4 Å². The molecule has 0 spiro atoms. The van der Waals surface area contributed by atoms with Crippen LogP contribution in [0.25, 0.3) is 0 Å². The predicted octanol–water partition coefficient (Wildman–Crippen LogP) is -1.31. The van der Waals surface area contributed by atoms with E-state index in [-0.39, 0.29) is 49.3 Å². The largest absolute Gasteiger partial charge is 0.492 e. The van der Waals surface area contributed by atoms with Gasteiger partial charge in [-0.25, -0.2) is 0 Å². The van der Waals surface area contributed by atoms with Gasteiger partial charge < -0.3 is 37.5 Å². The molecular formula is C21H34BN5O4. The number of rotatable bonds is 7. The molecular weight excluding hydrogens is 397 g/mol. The number of hydrogen-bond acceptors (Lipinski definition) is 7. The van der Waals surface area contributed by atoms with E-state index in [2.05, 4.69) is 10.6 Å². The Morgan fingerprint density at radius 2 is 1.94 bits per heavy atom. The fourth-order valence-electron chi connectivity index (χ4n) is 4.44. The number of carbonyl (C=O) groups is 2. The third-order valence-corrected chi connectivity index (χ3v) is 6.07. The number of amides is 2. The monoisotopic (exact) mass is 431 g/mol. The number of nitrogens with one attached hydrogen (secondary N) is 2. The predicted molar refractivity (Wildman–Crippen MR) is 119 cm³/mol. The van der Waals surface area contributed by atoms with Crippen LogP contribution in [0.3, 0.4) is 0 Å². The van der Waals surface area contributed by atoms with Gasteiger partial charge in [0.15, 0.2) is 0 Å². The van der Waals surface area contributed by atoms with E-state index in [1.54, 1.807) is 0 Å². The molecule has 0 radical (unpaired) electrons. The first-order chi connectivity index (χ1) is 14.5. The Balaban J connectivity index is 1.43. The third-order valence-electron chi connectivity index (χ3n) is 6.07. The summed E-state index contributed by atoms with van der Waals surface area (Å²) in [6, 6.07) is 4.80. The summed E-state index contributed by atoms with van der Waals surface area (Å²) < 4.78 is 5.55. The molecule has 1 aromatic rings. The summed E-state index contributed by atoms with van der Waals surface area (Å²) in [5.41, 5.74) is 19.8. The Labute approximate surface area is 183 Å². The summed E-state index contributed by atoms with van der Waals surface area (Å²) in [6.07, 6.45) is 2.60. The van der Waals surface area contributed by atoms with Crippen molar-refractivity contribution in [3.8, 4) is 0 Å². The average Bonchev–Trinajstić information content (AvgIpc) is 2.91. The molecule has 3 rings (SSSR count). The maximum Gasteiger partial charge on any atom is 0.492 e. The van der Waals surface area contributed by atoms with Gasteiger partial charge in [-0.3, -0.25) is 9.59 Å². The van der Waals surface area contributed by atoms with Crippen molar-refractivity contribution in [1.29, 1.82) is 0 Å². The second kappa shape index (κ2) is 9.66. The Morgan fingerprint density at radius 3 is 2.61 bits per heavy atom. The first kappa shape index (κ1) is 23.7. The van der Waals surface area contributed by atoms with E-state index >= 15 is 0 Å². The summed E-state index contributed by atoms with van der Waals surface area (Å²) in [5.74, 6) is -0.475. The molecule has 1 aliphatic heterocycles. The molecule has 0 saturated heterocycles. The number of hydrogen-bond donors (Lipinski definition) is 6. The van der Waals surface area contributed by atoms with Crippen molar-refractivity contribution in [2.24, 2.45) is 17.2 Å². The summed E-state index contributed by atoms with van der Waals surface area (Å²) >= 11 is 0. The minimum Gasteiger partial charge on any atom is -0.423 e. The second-order valence-electron chi connectivity index (χ2n) is 9.26. The van der Waals surface area contributed by atoms with Crippen LogP contribution in [-0.4, -0.2) is 48.1 Å². The minimum atomic E-state index is -0.977. The standard InChI is InChI=1S/C21H34BN5O4/c1-21(2)16-4-3-12(7-17(16)22(30)31-21)11-26-20(29)18(25)5-6-19(28)27-15-9-13(23)8-14(24)10-15/h3-4,7,13-15,18,30H,5-6,8-11,23-25H2,1-2H3,(H,26,29)(H,27,28). The van der Waals surface area contributed by atoms with Crippen molar-refractivity contribution in [1.82, 2.24) is 10.6 Å². The summed E-state index contributed by atoms with van der Waals surface area (Å²) in [7, 11) is -0.977. The van der Waals surface area contributed by atoms with Gasteiger partial charge in [0.05, 0.1) is 11.6 Å². The Hall–Kier alpha value is -1.98. The topological polar surface area (TPSA) is 166 Å². The van der Waals surface area contributed by atoms with Crippen molar-refractivity contribution in [2.45, 2.75) is 82.3 Å². The lowest BCUT2D eigenvalue weighted by molar-refractivity contribution is -0.123. The van der Waals surface area contributed by atoms with E-state index < -0.39 is 18.8 Å². The summed E-state index contributed by atoms with van der Waals surface area (Å²) in [6.45, 7) is 4.07. The highest BCUT2D eigenvalue weighted by atomic mass is 16.5. The number of fused-ring (bicyclic) bond motifs is 1. The molecule has 1 aliphatic carbocycles. The Bertz CT molecular complexity index is 811. The van der Waals surface area contributed by atoms with Gasteiger partial charge >= 0.3 is 7.12 Å². The number of nitrogens with two attached hydrogens (primary N) is 3. The molecule has 9 N–H and O–H groups in total. The van der Waals surface area contributed by atoms with Crippen molar-refractivity contribution < 1.29 is 19.3 Å². The van der Waals surface area contributed by atoms with Gasteiger partial charge in [0.2, 0.25) is 11.8 Å². The average molecular weight is 431 g/mol. The fraction of sp³-hybridized carbons (Fsp3) is 0.619. The van der Waals surface area contributed by atoms with Gasteiger partial charge in [-0.2, -0.15) is 0 Å². The zero-order valence-electron chi connectivity index (χ0n) is 18.3. The molecule has 1 aromatic carbocycles. The lowest BCUT2D eigenvalue weighted by atomic mass is 9.77. The molecule has 10 heteroatoms. The van der Waals surface area contributed by atoms with E-state index in [4.69, 9.17) is 21.9 Å². The maximum atomic E-state index is 12.3. The van der Waals surface area contributed by atoms with Gasteiger partial charge in [-0.1, -0.05) is 18.2 Å². The fourth-order valence-corrected chi connectivity index (χ4v) is 4.44. The molecule has 2 amide bonds. The van der Waals surface area contributed by atoms with Crippen LogP contribution in [0.2, 0.25) is 0 Å². The van der Waals surface area contributed by atoms with Crippen molar-refractivity contribution in [3.05, 3.63) is 29.3 Å². The first-order valence-corrected chi connectivity index (χ1v) is 10.9. The molecule has 1 fully saturated rings. The van der Waals surface area contributed by atoms with Crippen LogP contribution < -0.4 is 33.3 Å². The Kier molecular flexibility index (Phi) is 7.38. The molecule has 9 nitrogen and oxygen atoms in total. The first-order valence-electron chi connectivity index (χ1n) is 10.9. The molecule has 170 valence electrons. The maximum absolute atomic E-state index is 12.3. The highest BCUT2D eigenvalue weighted by molar-refractivity contribution is 6.62. The van der Waals surface area contributed by atoms with Crippen LogP contribution in [0, 0.1) is 0 Å². The number of benzene rings is 1. The lowest BCUT2D eigenvalue weighted by Crippen LogP contribution is -2.49. The minimum absolute atomic E-state index is 0.0000451. The van der Waals surface area contributed by atoms with Gasteiger partial charge in [-0.15, -0.1) is 0 Å². The van der Waals surface area contributed by atoms with Crippen LogP contribution in [-0.2, 0) is 26.4 Å². The van der Waals surface area contributed by atoms with E-state index in [0.717, 1.165) is 17.5 Å². The molecule has 2 aliphatic rings. The smallest absolute Gasteiger partial charge is 0.423 e. The molecule has 0 bridgehead atoms. The Morgan fingerprint density at radius 1 is 1.26 bits per heavy atom. The van der Waals surface area contributed by atoms with Gasteiger partial charge in [0.1, 0.15) is 0 Å². The van der Waals surface area contributed by atoms with E-state index in [9.17, 15) is 14.6 Å². The molecule has 31 heavy (non-hydrogen) atoms. The highest BCUT2D eigenvalue weighted by Gasteiger charge is 2.40. The molecule has 1 saturated carbocycles. The van der Waals surface area contributed by atoms with Gasteiger partial charge in [-0.05, 0) is 56.1 Å². The zero-order chi connectivity index (χ0) is 22.8. The zero-order valence-corrected chi connectivity index (χ0v) is 18.3. The molecule has 1 heterocycles. The van der Waals surface area contributed by atoms with E-state index in [1.807, 2.05) is 32.0 Å². The summed E-state index contributed by atoms with van der Waals surface area (Å²) in [5, 5.41) is 15.8. The lowest BCUT2D eigenvalue weighted by Gasteiger charge is -2.31. The number of carbonyl (C=O) groups excluding carboxylic acids is 2. The van der Waals surface area contributed by atoms with Crippen LogP contribution >= 0.6 is 0 Å². The van der Waals surface area contributed by atoms with Crippen molar-refractivity contribution in [2.75, 3.05) is 0 Å². The summed E-state index contributed by atoms with van der Waals surface area (Å²) in [4.78, 5) is 24.5. The van der Waals surface area contributed by atoms with Gasteiger partial charge in [0, 0.05) is 31.1 Å². The van der Waals surface area contributed by atoms with Gasteiger partial charge in [0.25, 0.3) is 0 Å². The molecule has 3 unspecified atom stereocenters. The normalized spacial score (nSPS) is 25.6. The highest BCUT2D eigenvalue weighted by Crippen LogP contribution is 2.29. The molecule has 0 aromatic heterocycles. The van der Waals surface area contributed by atoms with E-state index in [0.29, 0.717) is 18.3 Å². The van der Waals surface area contributed by atoms with E-state index in [1.165, 1.54) is 0 Å².